The van der Waals surface area contributed by atoms with E-state index in [1.165, 1.54) is 0 Å². The van der Waals surface area contributed by atoms with Crippen molar-refractivity contribution in [2.75, 3.05) is 20.2 Å². The first-order valence-electron chi connectivity index (χ1n) is 9.12. The summed E-state index contributed by atoms with van der Waals surface area (Å²) in [5.74, 6) is -0.111. The van der Waals surface area contributed by atoms with E-state index < -0.39 is 5.97 Å². The Morgan fingerprint density at radius 3 is 2.59 bits per heavy atom. The molecule has 3 aromatic rings. The van der Waals surface area contributed by atoms with Crippen molar-refractivity contribution in [1.29, 1.82) is 0 Å². The van der Waals surface area contributed by atoms with E-state index in [2.05, 4.69) is 17.0 Å². The molecule has 4 rings (SSSR count). The number of para-hydroxylation sites is 2. The van der Waals surface area contributed by atoms with Gasteiger partial charge in [0.25, 0.3) is 0 Å². The third kappa shape index (κ3) is 3.55. The number of benzene rings is 2. The molecule has 0 saturated carbocycles. The van der Waals surface area contributed by atoms with Crippen LogP contribution >= 0.6 is 11.3 Å². The topological polar surface area (TPSA) is 62.7 Å². The van der Waals surface area contributed by atoms with E-state index >= 15 is 0 Å². The fourth-order valence-electron chi connectivity index (χ4n) is 3.79. The maximum absolute atomic E-state index is 11.3. The maximum Gasteiger partial charge on any atom is 0.306 e. The third-order valence-electron chi connectivity index (χ3n) is 5.22. The molecular weight excluding hydrogens is 360 g/mol. The molecule has 0 bridgehead atoms. The molecule has 6 heteroatoms. The number of thiazole rings is 1. The van der Waals surface area contributed by atoms with E-state index in [9.17, 15) is 9.90 Å². The van der Waals surface area contributed by atoms with Crippen LogP contribution < -0.4 is 4.74 Å². The molecule has 0 amide bonds. The summed E-state index contributed by atoms with van der Waals surface area (Å²) in [5, 5.41) is 10.3. The second-order valence-electron chi connectivity index (χ2n) is 6.81. The highest BCUT2D eigenvalue weighted by Gasteiger charge is 2.33. The molecule has 1 aromatic heterocycles. The Bertz CT molecular complexity index is 914. The van der Waals surface area contributed by atoms with Gasteiger partial charge in [0.15, 0.2) is 0 Å². The summed E-state index contributed by atoms with van der Waals surface area (Å²) in [6.07, 6.45) is 1.32. The molecule has 1 aliphatic heterocycles. The van der Waals surface area contributed by atoms with Gasteiger partial charge in [-0.05, 0) is 44.1 Å². The van der Waals surface area contributed by atoms with Gasteiger partial charge in [0.2, 0.25) is 0 Å². The second-order valence-corrected chi connectivity index (χ2v) is 7.88. The van der Waals surface area contributed by atoms with Crippen molar-refractivity contribution in [2.45, 2.75) is 18.9 Å². The summed E-state index contributed by atoms with van der Waals surface area (Å²) in [4.78, 5) is 18.6. The number of carbonyl (C=O) groups is 1. The number of aliphatic carboxylic acids is 1. The molecular formula is C21H22N2O3S. The summed E-state index contributed by atoms with van der Waals surface area (Å²) in [6.45, 7) is 1.46. The summed E-state index contributed by atoms with van der Waals surface area (Å²) < 4.78 is 6.79. The first-order chi connectivity index (χ1) is 13.2. The van der Waals surface area contributed by atoms with Crippen LogP contribution in [0.5, 0.6) is 5.75 Å². The molecule has 5 nitrogen and oxygen atoms in total. The number of methoxy groups -OCH3 is 1. The molecule has 1 unspecified atom stereocenters. The fourth-order valence-corrected chi connectivity index (χ4v) is 4.91. The quantitative estimate of drug-likeness (QED) is 0.717. The van der Waals surface area contributed by atoms with Gasteiger partial charge < -0.3 is 9.84 Å². The smallest absolute Gasteiger partial charge is 0.306 e. The largest absolute Gasteiger partial charge is 0.496 e. The van der Waals surface area contributed by atoms with Crippen LogP contribution in [0.15, 0.2) is 48.5 Å². The summed E-state index contributed by atoms with van der Waals surface area (Å²) in [7, 11) is 1.69. The second kappa shape index (κ2) is 7.66. The molecule has 0 aliphatic carbocycles. The van der Waals surface area contributed by atoms with Crippen LogP contribution in [0.2, 0.25) is 0 Å². The van der Waals surface area contributed by atoms with Gasteiger partial charge in [0, 0.05) is 5.56 Å². The molecule has 1 atom stereocenters. The lowest BCUT2D eigenvalue weighted by Gasteiger charge is -2.36. The number of aromatic nitrogens is 1. The highest BCUT2D eigenvalue weighted by Crippen LogP contribution is 2.39. The van der Waals surface area contributed by atoms with Gasteiger partial charge in [0.05, 0.1) is 29.3 Å². The van der Waals surface area contributed by atoms with Crippen molar-refractivity contribution < 1.29 is 14.6 Å². The number of fused-ring (bicyclic) bond motifs is 1. The highest BCUT2D eigenvalue weighted by atomic mass is 32.1. The van der Waals surface area contributed by atoms with Crippen LogP contribution in [0.3, 0.4) is 0 Å². The number of carboxylic acid groups (broad SMARTS) is 1. The number of carboxylic acids is 1. The molecule has 1 N–H and O–H groups in total. The van der Waals surface area contributed by atoms with Gasteiger partial charge in [0.1, 0.15) is 10.8 Å². The van der Waals surface area contributed by atoms with Gasteiger partial charge >= 0.3 is 5.97 Å². The lowest BCUT2D eigenvalue weighted by molar-refractivity contribution is -0.143. The van der Waals surface area contributed by atoms with E-state index in [-0.39, 0.29) is 12.0 Å². The van der Waals surface area contributed by atoms with E-state index in [1.54, 1.807) is 18.4 Å². The van der Waals surface area contributed by atoms with Crippen LogP contribution in [-0.2, 0) is 4.79 Å². The van der Waals surface area contributed by atoms with Crippen LogP contribution in [0.4, 0.5) is 0 Å². The molecule has 1 fully saturated rings. The first kappa shape index (κ1) is 17.9. The molecule has 27 heavy (non-hydrogen) atoms. The van der Waals surface area contributed by atoms with E-state index in [4.69, 9.17) is 9.72 Å². The monoisotopic (exact) mass is 382 g/mol. The van der Waals surface area contributed by atoms with Crippen LogP contribution in [0.25, 0.3) is 10.2 Å². The molecule has 1 aliphatic rings. The Hall–Kier alpha value is -2.44. The van der Waals surface area contributed by atoms with Crippen molar-refractivity contribution in [3.8, 4) is 5.75 Å². The summed E-state index contributed by atoms with van der Waals surface area (Å²) in [6, 6.07) is 16.2. The Morgan fingerprint density at radius 1 is 1.19 bits per heavy atom. The number of hydrogen-bond acceptors (Lipinski definition) is 5. The Balaban J connectivity index is 1.75. The van der Waals surface area contributed by atoms with E-state index in [0.717, 1.165) is 39.6 Å². The Morgan fingerprint density at radius 2 is 1.89 bits per heavy atom. The van der Waals surface area contributed by atoms with Crippen molar-refractivity contribution >= 4 is 27.5 Å². The number of piperidine rings is 1. The standard InChI is InChI=1S/C21H22N2O3S/c1-26-17-8-4-2-6-15(17)19(23-12-10-14(11-13-23)21(24)25)20-22-16-7-3-5-9-18(16)27-20/h2-9,14,19H,10-13H2,1H3,(H,24,25). The minimum atomic E-state index is -0.691. The van der Waals surface area contributed by atoms with Crippen molar-refractivity contribution in [3.63, 3.8) is 0 Å². The fraction of sp³-hybridized carbons (Fsp3) is 0.333. The average Bonchev–Trinajstić information content (AvgIpc) is 3.12. The SMILES string of the molecule is COc1ccccc1C(c1nc2ccccc2s1)N1CCC(C(=O)O)CC1. The molecule has 2 heterocycles. The lowest BCUT2D eigenvalue weighted by Crippen LogP contribution is -2.39. The lowest BCUT2D eigenvalue weighted by atomic mass is 9.94. The zero-order chi connectivity index (χ0) is 18.8. The summed E-state index contributed by atoms with van der Waals surface area (Å²) in [5.41, 5.74) is 2.07. The first-order valence-corrected chi connectivity index (χ1v) is 9.94. The Kier molecular flexibility index (Phi) is 5.09. The normalized spacial score (nSPS) is 17.1. The van der Waals surface area contributed by atoms with Gasteiger partial charge in [-0.15, -0.1) is 11.3 Å². The number of likely N-dealkylation sites (tertiary alicyclic amines) is 1. The van der Waals surface area contributed by atoms with Crippen molar-refractivity contribution in [2.24, 2.45) is 5.92 Å². The van der Waals surface area contributed by atoms with Crippen molar-refractivity contribution in [3.05, 3.63) is 59.1 Å². The minimum Gasteiger partial charge on any atom is -0.496 e. The van der Waals surface area contributed by atoms with Gasteiger partial charge in [-0.25, -0.2) is 4.98 Å². The average molecular weight is 382 g/mol. The van der Waals surface area contributed by atoms with E-state index in [1.807, 2.05) is 36.4 Å². The van der Waals surface area contributed by atoms with Crippen molar-refractivity contribution in [1.82, 2.24) is 9.88 Å². The van der Waals surface area contributed by atoms with Gasteiger partial charge in [-0.1, -0.05) is 30.3 Å². The van der Waals surface area contributed by atoms with Crippen LogP contribution in [0.1, 0.15) is 29.5 Å². The molecule has 1 saturated heterocycles. The van der Waals surface area contributed by atoms with Crippen LogP contribution in [-0.4, -0.2) is 41.2 Å². The maximum atomic E-state index is 11.3. The van der Waals surface area contributed by atoms with E-state index in [0.29, 0.717) is 12.8 Å². The zero-order valence-electron chi connectivity index (χ0n) is 15.2. The number of nitrogens with zero attached hydrogens (tertiary/aromatic N) is 2. The Labute approximate surface area is 162 Å². The zero-order valence-corrected chi connectivity index (χ0v) is 16.0. The summed E-state index contributed by atoms with van der Waals surface area (Å²) >= 11 is 1.70. The molecule has 140 valence electrons. The van der Waals surface area contributed by atoms with Gasteiger partial charge in [-0.2, -0.15) is 0 Å². The van der Waals surface area contributed by atoms with Crippen LogP contribution in [0, 0.1) is 5.92 Å². The highest BCUT2D eigenvalue weighted by molar-refractivity contribution is 7.18. The molecule has 0 radical (unpaired) electrons. The third-order valence-corrected chi connectivity index (χ3v) is 6.31. The van der Waals surface area contributed by atoms with Gasteiger partial charge in [-0.3, -0.25) is 9.69 Å². The number of rotatable bonds is 5. The molecule has 2 aromatic carbocycles. The number of ether oxygens (including phenoxy) is 1. The minimum absolute atomic E-state index is 0.0340. The predicted octanol–water partition coefficient (Wildman–Crippen LogP) is 4.19. The predicted molar refractivity (Wildman–Crippen MR) is 106 cm³/mol. The molecule has 0 spiro atoms. The number of hydrogen-bond donors (Lipinski definition) is 1.